The third kappa shape index (κ3) is 2.86. The van der Waals surface area contributed by atoms with Gasteiger partial charge in [-0.05, 0) is 12.1 Å². The minimum atomic E-state index is -0.564. The van der Waals surface area contributed by atoms with Gasteiger partial charge in [-0.3, -0.25) is 9.78 Å². The van der Waals surface area contributed by atoms with E-state index < -0.39 is 11.5 Å². The van der Waals surface area contributed by atoms with Crippen molar-refractivity contribution in [3.05, 3.63) is 30.1 Å². The molecule has 0 fully saturated rings. The molecule has 0 aliphatic carbocycles. The quantitative estimate of drug-likeness (QED) is 0.764. The van der Waals surface area contributed by atoms with Crippen molar-refractivity contribution in [1.82, 2.24) is 4.98 Å². The Balaban J connectivity index is 2.96. The number of pyridine rings is 1. The van der Waals surface area contributed by atoms with Gasteiger partial charge in [-0.25, -0.2) is 0 Å². The first-order valence-corrected chi connectivity index (χ1v) is 4.95. The minimum absolute atomic E-state index is 0.0451. The van der Waals surface area contributed by atoms with E-state index in [1.165, 1.54) is 7.11 Å². The van der Waals surface area contributed by atoms with Crippen molar-refractivity contribution in [1.29, 1.82) is 0 Å². The van der Waals surface area contributed by atoms with Crippen LogP contribution in [0.4, 0.5) is 0 Å². The zero-order chi connectivity index (χ0) is 11.5. The lowest BCUT2D eigenvalue weighted by molar-refractivity contribution is -0.137. The van der Waals surface area contributed by atoms with Gasteiger partial charge >= 0.3 is 0 Å². The van der Waals surface area contributed by atoms with Crippen LogP contribution in [0.25, 0.3) is 0 Å². The molecule has 1 atom stereocenters. The van der Waals surface area contributed by atoms with Crippen LogP contribution in [0.15, 0.2) is 24.4 Å². The van der Waals surface area contributed by atoms with Crippen molar-refractivity contribution >= 4 is 5.78 Å². The summed E-state index contributed by atoms with van der Waals surface area (Å²) in [7, 11) is 1.53. The molecule has 3 nitrogen and oxygen atoms in total. The summed E-state index contributed by atoms with van der Waals surface area (Å²) in [6.07, 6.45) is 1.10. The molecule has 0 unspecified atom stereocenters. The van der Waals surface area contributed by atoms with Gasteiger partial charge < -0.3 is 4.74 Å². The van der Waals surface area contributed by atoms with E-state index in [-0.39, 0.29) is 5.78 Å². The molecule has 15 heavy (non-hydrogen) atoms. The van der Waals surface area contributed by atoms with Crippen LogP contribution < -0.4 is 0 Å². The molecule has 0 N–H and O–H groups in total. The maximum Gasteiger partial charge on any atom is 0.172 e. The van der Waals surface area contributed by atoms with Gasteiger partial charge in [-0.2, -0.15) is 0 Å². The second kappa shape index (κ2) is 4.53. The number of hydrogen-bond donors (Lipinski definition) is 0. The van der Waals surface area contributed by atoms with E-state index in [9.17, 15) is 4.79 Å². The lowest BCUT2D eigenvalue weighted by Gasteiger charge is -2.22. The predicted molar refractivity (Wildman–Crippen MR) is 58.4 cm³/mol. The Morgan fingerprint density at radius 2 is 2.07 bits per heavy atom. The molecule has 1 rings (SSSR count). The zero-order valence-electron chi connectivity index (χ0n) is 9.65. The number of ketones is 1. The second-order valence-corrected chi connectivity index (χ2v) is 4.48. The smallest absolute Gasteiger partial charge is 0.172 e. The average Bonchev–Trinajstić information content (AvgIpc) is 2.19. The number of Topliss-reactive ketones (excluding diaryl/α,β-unsaturated/α-hetero) is 1. The third-order valence-corrected chi connectivity index (χ3v) is 2.17. The molecule has 0 aliphatic heterocycles. The van der Waals surface area contributed by atoms with Crippen LogP contribution in [0.5, 0.6) is 0 Å². The summed E-state index contributed by atoms with van der Waals surface area (Å²) in [5.41, 5.74) is 0.248. The summed E-state index contributed by atoms with van der Waals surface area (Å²) in [6.45, 7) is 5.64. The van der Waals surface area contributed by atoms with Crippen LogP contribution in [0.3, 0.4) is 0 Å². The molecular weight excluding hydrogens is 190 g/mol. The molecule has 0 aliphatic rings. The van der Waals surface area contributed by atoms with E-state index in [0.717, 1.165) is 0 Å². The largest absolute Gasteiger partial charge is 0.367 e. The Labute approximate surface area is 90.5 Å². The van der Waals surface area contributed by atoms with E-state index in [2.05, 4.69) is 4.98 Å². The van der Waals surface area contributed by atoms with Gasteiger partial charge in [0.2, 0.25) is 0 Å². The van der Waals surface area contributed by atoms with E-state index in [0.29, 0.717) is 5.69 Å². The monoisotopic (exact) mass is 207 g/mol. The average molecular weight is 207 g/mol. The number of hydrogen-bond acceptors (Lipinski definition) is 3. The van der Waals surface area contributed by atoms with Crippen molar-refractivity contribution < 1.29 is 9.53 Å². The van der Waals surface area contributed by atoms with Gasteiger partial charge in [0.05, 0.1) is 5.69 Å². The fourth-order valence-electron chi connectivity index (χ4n) is 1.29. The molecule has 1 aromatic rings. The molecule has 0 spiro atoms. The van der Waals surface area contributed by atoms with Gasteiger partial charge in [0.15, 0.2) is 11.9 Å². The van der Waals surface area contributed by atoms with Gasteiger partial charge in [-0.15, -0.1) is 0 Å². The number of carbonyl (C=O) groups is 1. The van der Waals surface area contributed by atoms with Gasteiger partial charge in [-0.1, -0.05) is 26.8 Å². The second-order valence-electron chi connectivity index (χ2n) is 4.48. The van der Waals surface area contributed by atoms with Crippen LogP contribution in [-0.2, 0) is 9.53 Å². The fourth-order valence-corrected chi connectivity index (χ4v) is 1.29. The molecule has 0 aromatic carbocycles. The highest BCUT2D eigenvalue weighted by molar-refractivity contribution is 5.88. The lowest BCUT2D eigenvalue weighted by Crippen LogP contribution is -2.28. The Bertz CT molecular complexity index is 327. The maximum absolute atomic E-state index is 12.0. The first kappa shape index (κ1) is 11.9. The Morgan fingerprint density at radius 1 is 1.40 bits per heavy atom. The lowest BCUT2D eigenvalue weighted by atomic mass is 9.86. The summed E-state index contributed by atoms with van der Waals surface area (Å²) in [6, 6.07) is 5.47. The Morgan fingerprint density at radius 3 is 2.47 bits per heavy atom. The molecule has 0 amide bonds. The van der Waals surface area contributed by atoms with Crippen LogP contribution in [0.1, 0.15) is 32.6 Å². The first-order valence-electron chi connectivity index (χ1n) is 4.95. The maximum atomic E-state index is 12.0. The minimum Gasteiger partial charge on any atom is -0.367 e. The molecule has 0 radical (unpaired) electrons. The molecule has 1 aromatic heterocycles. The van der Waals surface area contributed by atoms with Crippen LogP contribution in [0.2, 0.25) is 0 Å². The predicted octanol–water partition coefficient (Wildman–Crippen LogP) is 2.38. The normalized spacial score (nSPS) is 13.6. The number of rotatable bonds is 3. The Kier molecular flexibility index (Phi) is 3.58. The topological polar surface area (TPSA) is 39.2 Å². The molecule has 82 valence electrons. The first-order chi connectivity index (χ1) is 6.96. The molecular formula is C12H17NO2. The highest BCUT2D eigenvalue weighted by Crippen LogP contribution is 2.26. The molecule has 0 saturated heterocycles. The van der Waals surface area contributed by atoms with Gasteiger partial charge in [0, 0.05) is 18.7 Å². The Hall–Kier alpha value is -1.22. The van der Waals surface area contributed by atoms with Crippen molar-refractivity contribution in [2.75, 3.05) is 7.11 Å². The highest BCUT2D eigenvalue weighted by atomic mass is 16.5. The van der Waals surface area contributed by atoms with Crippen molar-refractivity contribution in [3.8, 4) is 0 Å². The van der Waals surface area contributed by atoms with Crippen LogP contribution in [0, 0.1) is 5.41 Å². The molecule has 1 heterocycles. The fraction of sp³-hybridized carbons (Fsp3) is 0.500. The van der Waals surface area contributed by atoms with Crippen molar-refractivity contribution in [3.63, 3.8) is 0 Å². The van der Waals surface area contributed by atoms with E-state index in [1.807, 2.05) is 32.9 Å². The van der Waals surface area contributed by atoms with E-state index in [4.69, 9.17) is 4.74 Å². The third-order valence-electron chi connectivity index (χ3n) is 2.17. The van der Waals surface area contributed by atoms with Crippen LogP contribution >= 0.6 is 0 Å². The number of ether oxygens (including phenoxy) is 1. The zero-order valence-corrected chi connectivity index (χ0v) is 9.65. The summed E-state index contributed by atoms with van der Waals surface area (Å²) < 4.78 is 5.21. The number of nitrogens with zero attached hydrogens (tertiary/aromatic N) is 1. The molecule has 3 heteroatoms. The van der Waals surface area contributed by atoms with Gasteiger partial charge in [0.25, 0.3) is 0 Å². The van der Waals surface area contributed by atoms with Gasteiger partial charge in [0.1, 0.15) is 0 Å². The summed E-state index contributed by atoms with van der Waals surface area (Å²) in [5.74, 6) is 0.0451. The van der Waals surface area contributed by atoms with Crippen LogP contribution in [-0.4, -0.2) is 17.9 Å². The summed E-state index contributed by atoms with van der Waals surface area (Å²) >= 11 is 0. The highest BCUT2D eigenvalue weighted by Gasteiger charge is 2.31. The molecule has 0 saturated carbocycles. The van der Waals surface area contributed by atoms with Crippen molar-refractivity contribution in [2.24, 2.45) is 5.41 Å². The van der Waals surface area contributed by atoms with E-state index >= 15 is 0 Å². The number of carbonyl (C=O) groups excluding carboxylic acids is 1. The summed E-state index contributed by atoms with van der Waals surface area (Å²) in [5, 5.41) is 0. The number of methoxy groups -OCH3 is 1. The standard InChI is InChI=1S/C12H17NO2/c1-12(2,3)11(14)10(15-4)9-7-5-6-8-13-9/h5-8,10H,1-4H3/t10-/m1/s1. The van der Waals surface area contributed by atoms with Crippen molar-refractivity contribution in [2.45, 2.75) is 26.9 Å². The molecule has 0 bridgehead atoms. The summed E-state index contributed by atoms with van der Waals surface area (Å²) in [4.78, 5) is 16.2. The SMILES string of the molecule is CO[C@@H](C(=O)C(C)(C)C)c1ccccn1. The number of aromatic nitrogens is 1. The van der Waals surface area contributed by atoms with E-state index in [1.54, 1.807) is 12.3 Å².